The number of rotatable bonds is 2. The van der Waals surface area contributed by atoms with Crippen LogP contribution in [0.15, 0.2) is 46.3 Å². The van der Waals surface area contributed by atoms with E-state index in [1.807, 2.05) is 17.0 Å². The molecule has 1 saturated heterocycles. The molecule has 4 rings (SSSR count). The molecule has 2 aromatic heterocycles. The number of aromatic nitrogens is 2. The number of likely N-dealkylation sites (tertiary alicyclic amines) is 1. The molecule has 1 aliphatic heterocycles. The van der Waals surface area contributed by atoms with E-state index in [1.54, 1.807) is 29.6 Å². The first-order chi connectivity index (χ1) is 11.3. The Labute approximate surface area is 135 Å². The minimum atomic E-state index is -0.0402. The van der Waals surface area contributed by atoms with Gasteiger partial charge in [0.2, 0.25) is 0 Å². The summed E-state index contributed by atoms with van der Waals surface area (Å²) in [5.74, 6) is 0.539. The third-order valence-electron chi connectivity index (χ3n) is 4.79. The van der Waals surface area contributed by atoms with E-state index in [1.165, 1.54) is 19.3 Å². The van der Waals surface area contributed by atoms with E-state index in [9.17, 15) is 4.79 Å². The Morgan fingerprint density at radius 3 is 2.57 bits per heavy atom. The van der Waals surface area contributed by atoms with Crippen molar-refractivity contribution in [3.8, 4) is 11.3 Å². The summed E-state index contributed by atoms with van der Waals surface area (Å²) in [5, 5.41) is 3.94. The van der Waals surface area contributed by atoms with Gasteiger partial charge in [-0.15, -0.1) is 0 Å². The zero-order valence-corrected chi connectivity index (χ0v) is 13.0. The van der Waals surface area contributed by atoms with E-state index >= 15 is 0 Å². The van der Waals surface area contributed by atoms with Crippen LogP contribution in [0.1, 0.15) is 42.6 Å². The van der Waals surface area contributed by atoms with Crippen molar-refractivity contribution in [1.82, 2.24) is 15.0 Å². The molecular weight excluding hydrogens is 290 g/mol. The van der Waals surface area contributed by atoms with Crippen molar-refractivity contribution in [2.24, 2.45) is 0 Å². The van der Waals surface area contributed by atoms with E-state index in [0.717, 1.165) is 31.5 Å². The van der Waals surface area contributed by atoms with Gasteiger partial charge in [0.1, 0.15) is 0 Å². The predicted molar refractivity (Wildman–Crippen MR) is 85.7 cm³/mol. The SMILES string of the molecule is O=C(c1cc(-c2cccnc2)on1)N1CCC(=C2CCC2)CC1. The van der Waals surface area contributed by atoms with Crippen LogP contribution in [0.25, 0.3) is 11.3 Å². The van der Waals surface area contributed by atoms with E-state index in [-0.39, 0.29) is 5.91 Å². The average Bonchev–Trinajstić information content (AvgIpc) is 3.04. The molecule has 118 valence electrons. The van der Waals surface area contributed by atoms with Gasteiger partial charge in [0.15, 0.2) is 11.5 Å². The summed E-state index contributed by atoms with van der Waals surface area (Å²) in [6, 6.07) is 5.43. The van der Waals surface area contributed by atoms with Crippen LogP contribution in [0, 0.1) is 0 Å². The summed E-state index contributed by atoms with van der Waals surface area (Å²) in [5.41, 5.74) is 4.42. The summed E-state index contributed by atoms with van der Waals surface area (Å²) >= 11 is 0. The van der Waals surface area contributed by atoms with E-state index in [0.29, 0.717) is 11.5 Å². The Balaban J connectivity index is 1.45. The molecule has 1 aliphatic carbocycles. The van der Waals surface area contributed by atoms with Crippen LogP contribution in [0.5, 0.6) is 0 Å². The first-order valence-corrected chi connectivity index (χ1v) is 8.17. The highest BCUT2D eigenvalue weighted by molar-refractivity contribution is 5.93. The van der Waals surface area contributed by atoms with Crippen LogP contribution in [-0.4, -0.2) is 34.0 Å². The van der Waals surface area contributed by atoms with Gasteiger partial charge < -0.3 is 9.42 Å². The van der Waals surface area contributed by atoms with E-state index in [2.05, 4.69) is 10.1 Å². The van der Waals surface area contributed by atoms with Crippen molar-refractivity contribution < 1.29 is 9.32 Å². The molecule has 0 N–H and O–H groups in total. The normalized spacial score (nSPS) is 18.0. The molecule has 0 radical (unpaired) electrons. The monoisotopic (exact) mass is 309 g/mol. The second-order valence-corrected chi connectivity index (χ2v) is 6.17. The summed E-state index contributed by atoms with van der Waals surface area (Å²) in [6.07, 6.45) is 9.28. The van der Waals surface area contributed by atoms with Crippen LogP contribution in [0.3, 0.4) is 0 Å². The van der Waals surface area contributed by atoms with Crippen LogP contribution >= 0.6 is 0 Å². The van der Waals surface area contributed by atoms with Gasteiger partial charge in [0.25, 0.3) is 5.91 Å². The lowest BCUT2D eigenvalue weighted by molar-refractivity contribution is 0.0732. The quantitative estimate of drug-likeness (QED) is 0.797. The molecule has 1 saturated carbocycles. The lowest BCUT2D eigenvalue weighted by atomic mass is 9.84. The Bertz CT molecular complexity index is 733. The fourth-order valence-electron chi connectivity index (χ4n) is 3.22. The molecule has 0 spiro atoms. The molecule has 2 aromatic rings. The standard InChI is InChI=1S/C18H19N3O2/c22-18(21-9-6-14(7-10-21)13-3-1-4-13)16-11-17(23-20-16)15-5-2-8-19-12-15/h2,5,8,11-12H,1,3-4,6-7,9-10H2. The first kappa shape index (κ1) is 14.2. The first-order valence-electron chi connectivity index (χ1n) is 8.17. The third kappa shape index (κ3) is 2.79. The number of nitrogens with zero attached hydrogens (tertiary/aromatic N) is 3. The molecule has 3 heterocycles. The topological polar surface area (TPSA) is 59.2 Å². The lowest BCUT2D eigenvalue weighted by Crippen LogP contribution is -2.37. The van der Waals surface area contributed by atoms with E-state index in [4.69, 9.17) is 4.52 Å². The van der Waals surface area contributed by atoms with Crippen molar-refractivity contribution in [2.45, 2.75) is 32.1 Å². The number of amides is 1. The molecule has 0 unspecified atom stereocenters. The highest BCUT2D eigenvalue weighted by Crippen LogP contribution is 2.33. The van der Waals surface area contributed by atoms with Crippen LogP contribution in [0.4, 0.5) is 0 Å². The number of piperidine rings is 1. The van der Waals surface area contributed by atoms with Crippen molar-refractivity contribution in [1.29, 1.82) is 0 Å². The van der Waals surface area contributed by atoms with Gasteiger partial charge in [0, 0.05) is 37.1 Å². The Kier molecular flexibility index (Phi) is 3.69. The van der Waals surface area contributed by atoms with Gasteiger partial charge in [0.05, 0.1) is 0 Å². The summed E-state index contributed by atoms with van der Waals surface area (Å²) < 4.78 is 5.30. The van der Waals surface area contributed by atoms with Gasteiger partial charge >= 0.3 is 0 Å². The van der Waals surface area contributed by atoms with E-state index < -0.39 is 0 Å². The largest absolute Gasteiger partial charge is 0.355 e. The molecule has 2 aliphatic rings. The van der Waals surface area contributed by atoms with Crippen LogP contribution < -0.4 is 0 Å². The molecule has 0 aromatic carbocycles. The van der Waals surface area contributed by atoms with Crippen molar-refractivity contribution in [3.63, 3.8) is 0 Å². The molecule has 2 fully saturated rings. The summed E-state index contributed by atoms with van der Waals surface area (Å²) in [7, 11) is 0. The average molecular weight is 309 g/mol. The number of carbonyl (C=O) groups is 1. The Morgan fingerprint density at radius 1 is 1.13 bits per heavy atom. The Morgan fingerprint density at radius 2 is 1.91 bits per heavy atom. The minimum Gasteiger partial charge on any atom is -0.355 e. The molecule has 1 amide bonds. The van der Waals surface area contributed by atoms with Gasteiger partial charge in [-0.1, -0.05) is 16.3 Å². The fraction of sp³-hybridized carbons (Fsp3) is 0.389. The molecule has 5 nitrogen and oxygen atoms in total. The number of carbonyl (C=O) groups excluding carboxylic acids is 1. The molecule has 23 heavy (non-hydrogen) atoms. The van der Waals surface area contributed by atoms with Gasteiger partial charge in [-0.25, -0.2) is 0 Å². The maximum absolute atomic E-state index is 12.6. The summed E-state index contributed by atoms with van der Waals surface area (Å²) in [6.45, 7) is 1.57. The zero-order chi connectivity index (χ0) is 15.6. The van der Waals surface area contributed by atoms with Crippen LogP contribution in [-0.2, 0) is 0 Å². The lowest BCUT2D eigenvalue weighted by Gasteiger charge is -2.31. The molecular formula is C18H19N3O2. The zero-order valence-electron chi connectivity index (χ0n) is 13.0. The summed E-state index contributed by atoms with van der Waals surface area (Å²) in [4.78, 5) is 18.5. The van der Waals surface area contributed by atoms with Gasteiger partial charge in [-0.05, 0) is 44.2 Å². The third-order valence-corrected chi connectivity index (χ3v) is 4.79. The second kappa shape index (κ2) is 5.99. The van der Waals surface area contributed by atoms with Crippen molar-refractivity contribution in [3.05, 3.63) is 47.4 Å². The Hall–Kier alpha value is -2.43. The highest BCUT2D eigenvalue weighted by atomic mass is 16.5. The van der Waals surface area contributed by atoms with Crippen LogP contribution in [0.2, 0.25) is 0 Å². The number of hydrogen-bond donors (Lipinski definition) is 0. The number of allylic oxidation sites excluding steroid dienone is 1. The van der Waals surface area contributed by atoms with Crippen molar-refractivity contribution >= 4 is 5.91 Å². The highest BCUT2D eigenvalue weighted by Gasteiger charge is 2.25. The maximum Gasteiger partial charge on any atom is 0.276 e. The molecule has 0 bridgehead atoms. The minimum absolute atomic E-state index is 0.0402. The molecule has 5 heteroatoms. The van der Waals surface area contributed by atoms with Gasteiger partial charge in [-0.2, -0.15) is 0 Å². The molecule has 0 atom stereocenters. The van der Waals surface area contributed by atoms with Gasteiger partial charge in [-0.3, -0.25) is 9.78 Å². The number of pyridine rings is 1. The smallest absolute Gasteiger partial charge is 0.276 e. The van der Waals surface area contributed by atoms with Crippen molar-refractivity contribution in [2.75, 3.05) is 13.1 Å². The fourth-order valence-corrected chi connectivity index (χ4v) is 3.22. The second-order valence-electron chi connectivity index (χ2n) is 6.17. The predicted octanol–water partition coefficient (Wildman–Crippen LogP) is 3.45. The number of hydrogen-bond acceptors (Lipinski definition) is 4. The maximum atomic E-state index is 12.6.